The van der Waals surface area contributed by atoms with E-state index in [-0.39, 0.29) is 12.7 Å². The van der Waals surface area contributed by atoms with E-state index in [1.165, 1.54) is 5.06 Å². The second-order valence-electron chi connectivity index (χ2n) is 5.76. The first-order valence-corrected chi connectivity index (χ1v) is 8.62. The summed E-state index contributed by atoms with van der Waals surface area (Å²) in [7, 11) is 0. The van der Waals surface area contributed by atoms with Crippen molar-refractivity contribution in [1.82, 2.24) is 5.06 Å². The molecule has 1 aliphatic rings. The number of ether oxygens (including phenoxy) is 1. The standard InChI is InChI=1S/C17H28N2O5/c1-2-23-17(22)19(13-9-8-12-15(18)16(20)21)24-14-10-6-4-3-5-7-11-14/h14-15H,2-6,8-10,12-13,18H2,1H3,(H,20,21). The van der Waals surface area contributed by atoms with Gasteiger partial charge >= 0.3 is 12.1 Å². The Morgan fingerprint density at radius 1 is 1.33 bits per heavy atom. The third-order valence-corrected chi connectivity index (χ3v) is 3.70. The predicted octanol–water partition coefficient (Wildman–Crippen LogP) is 2.29. The second kappa shape index (κ2) is 11.7. The second-order valence-corrected chi connectivity index (χ2v) is 5.76. The fraction of sp³-hybridized carbons (Fsp3) is 0.765. The van der Waals surface area contributed by atoms with Gasteiger partial charge in [-0.05, 0) is 45.4 Å². The van der Waals surface area contributed by atoms with E-state index in [2.05, 4.69) is 11.8 Å². The van der Waals surface area contributed by atoms with Crippen molar-refractivity contribution < 1.29 is 24.3 Å². The summed E-state index contributed by atoms with van der Waals surface area (Å²) in [4.78, 5) is 28.4. The van der Waals surface area contributed by atoms with Crippen molar-refractivity contribution in [3.05, 3.63) is 0 Å². The molecule has 0 aromatic rings. The molecule has 0 saturated heterocycles. The third kappa shape index (κ3) is 8.18. The van der Waals surface area contributed by atoms with E-state index in [1.54, 1.807) is 6.92 Å². The Labute approximate surface area is 143 Å². The molecule has 7 heteroatoms. The number of nitrogens with two attached hydrogens (primary N) is 1. The number of hydrogen-bond acceptors (Lipinski definition) is 5. The average molecular weight is 340 g/mol. The monoisotopic (exact) mass is 340 g/mol. The summed E-state index contributed by atoms with van der Waals surface area (Å²) in [6.45, 7) is 2.32. The van der Waals surface area contributed by atoms with E-state index in [0.29, 0.717) is 25.8 Å². The van der Waals surface area contributed by atoms with E-state index in [9.17, 15) is 9.59 Å². The Morgan fingerprint density at radius 2 is 2.12 bits per heavy atom. The van der Waals surface area contributed by atoms with E-state index < -0.39 is 18.1 Å². The lowest BCUT2D eigenvalue weighted by molar-refractivity contribution is -0.160. The van der Waals surface area contributed by atoms with Crippen LogP contribution in [0.2, 0.25) is 0 Å². The summed E-state index contributed by atoms with van der Waals surface area (Å²) in [5, 5.41) is 9.97. The van der Waals surface area contributed by atoms with Crippen LogP contribution in [-0.2, 0) is 14.4 Å². The first-order chi connectivity index (χ1) is 11.5. The van der Waals surface area contributed by atoms with Crippen molar-refractivity contribution in [1.29, 1.82) is 0 Å². The summed E-state index contributed by atoms with van der Waals surface area (Å²) >= 11 is 0. The van der Waals surface area contributed by atoms with Crippen LogP contribution in [0.15, 0.2) is 0 Å². The molecule has 0 radical (unpaired) electrons. The van der Waals surface area contributed by atoms with E-state index in [0.717, 1.165) is 32.1 Å². The molecule has 0 bridgehead atoms. The number of amides is 1. The average Bonchev–Trinajstić information content (AvgIpc) is 2.51. The molecule has 7 nitrogen and oxygen atoms in total. The molecule has 0 saturated carbocycles. The Hall–Kier alpha value is -1.78. The molecule has 0 heterocycles. The van der Waals surface area contributed by atoms with Gasteiger partial charge in [0.05, 0.1) is 13.2 Å². The Morgan fingerprint density at radius 3 is 2.83 bits per heavy atom. The molecular weight excluding hydrogens is 312 g/mol. The zero-order valence-corrected chi connectivity index (χ0v) is 14.3. The molecular formula is C17H28N2O5. The van der Waals surface area contributed by atoms with Gasteiger partial charge in [0, 0.05) is 6.42 Å². The van der Waals surface area contributed by atoms with Crippen LogP contribution in [0.3, 0.4) is 0 Å². The van der Waals surface area contributed by atoms with Crippen molar-refractivity contribution in [2.45, 2.75) is 70.4 Å². The number of aliphatic carboxylic acids is 1. The van der Waals surface area contributed by atoms with Crippen LogP contribution in [0, 0.1) is 11.8 Å². The van der Waals surface area contributed by atoms with E-state index >= 15 is 0 Å². The van der Waals surface area contributed by atoms with Gasteiger partial charge in [-0.25, -0.2) is 4.79 Å². The predicted molar refractivity (Wildman–Crippen MR) is 88.9 cm³/mol. The van der Waals surface area contributed by atoms with Gasteiger partial charge in [0.2, 0.25) is 0 Å². The quantitative estimate of drug-likeness (QED) is 0.379. The SMILES string of the molecule is CCOC(=O)N(CCCCC(N)C(=O)O)OC1C#CCCCCC1. The van der Waals surface area contributed by atoms with Crippen molar-refractivity contribution in [2.75, 3.05) is 13.2 Å². The Bertz CT molecular complexity index is 458. The maximum absolute atomic E-state index is 12.0. The minimum Gasteiger partial charge on any atom is -0.480 e. The maximum Gasteiger partial charge on any atom is 0.433 e. The van der Waals surface area contributed by atoms with Gasteiger partial charge in [0.25, 0.3) is 0 Å². The number of carboxylic acid groups (broad SMARTS) is 1. The summed E-state index contributed by atoms with van der Waals surface area (Å²) < 4.78 is 5.01. The van der Waals surface area contributed by atoms with Gasteiger partial charge in [0.1, 0.15) is 12.1 Å². The lowest BCUT2D eigenvalue weighted by Crippen LogP contribution is -2.36. The van der Waals surface area contributed by atoms with Crippen LogP contribution in [0.5, 0.6) is 0 Å². The lowest BCUT2D eigenvalue weighted by atomic mass is 10.1. The molecule has 24 heavy (non-hydrogen) atoms. The summed E-state index contributed by atoms with van der Waals surface area (Å²) in [5.74, 6) is 5.11. The Balaban J connectivity index is 2.50. The first kappa shape index (κ1) is 20.3. The molecule has 0 aromatic heterocycles. The van der Waals surface area contributed by atoms with Crippen LogP contribution >= 0.6 is 0 Å². The van der Waals surface area contributed by atoms with Crippen molar-refractivity contribution in [2.24, 2.45) is 5.73 Å². The van der Waals surface area contributed by atoms with Crippen molar-refractivity contribution in [3.8, 4) is 11.8 Å². The van der Waals surface area contributed by atoms with Gasteiger partial charge in [0.15, 0.2) is 0 Å². The fourth-order valence-electron chi connectivity index (χ4n) is 2.34. The topological polar surface area (TPSA) is 102 Å². The number of rotatable bonds is 9. The molecule has 1 amide bonds. The number of carbonyl (C=O) groups is 2. The third-order valence-electron chi connectivity index (χ3n) is 3.70. The summed E-state index contributed by atoms with van der Waals surface area (Å²) in [6.07, 6.45) is 5.55. The molecule has 1 rings (SSSR count). The number of carbonyl (C=O) groups excluding carboxylic acids is 1. The maximum atomic E-state index is 12.0. The molecule has 0 aliphatic heterocycles. The highest BCUT2D eigenvalue weighted by Crippen LogP contribution is 2.14. The van der Waals surface area contributed by atoms with Gasteiger partial charge < -0.3 is 15.6 Å². The molecule has 2 atom stereocenters. The zero-order chi connectivity index (χ0) is 17.8. The number of nitrogens with zero attached hydrogens (tertiary/aromatic N) is 1. The molecule has 1 aliphatic carbocycles. The van der Waals surface area contributed by atoms with Crippen LogP contribution in [0.1, 0.15) is 58.3 Å². The van der Waals surface area contributed by atoms with E-state index in [1.807, 2.05) is 0 Å². The molecule has 0 fully saturated rings. The number of carboxylic acids is 1. The molecule has 3 N–H and O–H groups in total. The normalized spacial score (nSPS) is 18.5. The minimum atomic E-state index is -1.02. The highest BCUT2D eigenvalue weighted by molar-refractivity contribution is 5.72. The number of hydroxylamine groups is 2. The van der Waals surface area contributed by atoms with Crippen LogP contribution < -0.4 is 5.73 Å². The van der Waals surface area contributed by atoms with Gasteiger partial charge in [-0.1, -0.05) is 12.3 Å². The highest BCUT2D eigenvalue weighted by Gasteiger charge is 2.20. The van der Waals surface area contributed by atoms with Gasteiger partial charge in [-0.3, -0.25) is 9.63 Å². The molecule has 136 valence electrons. The van der Waals surface area contributed by atoms with Gasteiger partial charge in [-0.2, -0.15) is 5.06 Å². The van der Waals surface area contributed by atoms with Crippen LogP contribution in [-0.4, -0.2) is 47.5 Å². The molecule has 0 spiro atoms. The lowest BCUT2D eigenvalue weighted by Gasteiger charge is -2.24. The largest absolute Gasteiger partial charge is 0.480 e. The van der Waals surface area contributed by atoms with Crippen molar-refractivity contribution in [3.63, 3.8) is 0 Å². The minimum absolute atomic E-state index is 0.263. The van der Waals surface area contributed by atoms with Crippen molar-refractivity contribution >= 4 is 12.1 Å². The van der Waals surface area contributed by atoms with Crippen LogP contribution in [0.4, 0.5) is 4.79 Å². The van der Waals surface area contributed by atoms with Gasteiger partial charge in [-0.15, -0.1) is 5.92 Å². The summed E-state index contributed by atoms with van der Waals surface area (Å²) in [5.41, 5.74) is 5.47. The molecule has 2 unspecified atom stereocenters. The molecule has 0 aromatic carbocycles. The Kier molecular flexibility index (Phi) is 9.89. The highest BCUT2D eigenvalue weighted by atomic mass is 16.7. The number of hydrogen-bond donors (Lipinski definition) is 2. The first-order valence-electron chi connectivity index (χ1n) is 8.62. The zero-order valence-electron chi connectivity index (χ0n) is 14.3. The van der Waals surface area contributed by atoms with Crippen LogP contribution in [0.25, 0.3) is 0 Å². The fourth-order valence-corrected chi connectivity index (χ4v) is 2.34. The van der Waals surface area contributed by atoms with E-state index in [4.69, 9.17) is 20.4 Å². The smallest absolute Gasteiger partial charge is 0.433 e. The summed E-state index contributed by atoms with van der Waals surface area (Å²) in [6, 6.07) is -0.876. The number of unbranched alkanes of at least 4 members (excludes halogenated alkanes) is 1.